The molecule has 4 nitrogen and oxygen atoms in total. The van der Waals surface area contributed by atoms with Gasteiger partial charge in [0, 0.05) is 6.42 Å². The van der Waals surface area contributed by atoms with Crippen LogP contribution in [0.1, 0.15) is 60.3 Å². The van der Waals surface area contributed by atoms with Crippen molar-refractivity contribution < 1.29 is 18.4 Å². The summed E-state index contributed by atoms with van der Waals surface area (Å²) < 4.78 is 24.1. The molecule has 0 N–H and O–H groups in total. The minimum absolute atomic E-state index is 0.188. The lowest BCUT2D eigenvalue weighted by atomic mass is 10.2. The fraction of sp³-hybridized carbons (Fsp3) is 0.800. The van der Waals surface area contributed by atoms with Crippen LogP contribution in [0.3, 0.4) is 0 Å². The monoisotopic (exact) mass is 304 g/mol. The highest BCUT2D eigenvalue weighted by Crippen LogP contribution is 2.57. The average Bonchev–Trinajstić information content (AvgIpc) is 2.30. The van der Waals surface area contributed by atoms with E-state index < -0.39 is 13.3 Å². The summed E-state index contributed by atoms with van der Waals surface area (Å²) in [6.07, 6.45) is 7.18. The van der Waals surface area contributed by atoms with Crippen LogP contribution in [-0.2, 0) is 18.4 Å². The highest BCUT2D eigenvalue weighted by molar-refractivity contribution is 7.54. The van der Waals surface area contributed by atoms with Crippen LogP contribution in [0.4, 0.5) is 0 Å². The van der Waals surface area contributed by atoms with Gasteiger partial charge >= 0.3 is 7.60 Å². The summed E-state index contributed by atoms with van der Waals surface area (Å²) in [4.78, 5) is 10.9. The molecule has 0 fully saturated rings. The van der Waals surface area contributed by atoms with Gasteiger partial charge < -0.3 is 13.8 Å². The zero-order chi connectivity index (χ0) is 15.6. The molecule has 0 aliphatic heterocycles. The first kappa shape index (κ1) is 19.6. The molecule has 1 atom stereocenters. The largest absolute Gasteiger partial charge is 0.334 e. The van der Waals surface area contributed by atoms with Crippen LogP contribution < -0.4 is 0 Å². The summed E-state index contributed by atoms with van der Waals surface area (Å²) in [5.41, 5.74) is -0.405. The maximum atomic E-state index is 13.0. The van der Waals surface area contributed by atoms with Crippen molar-refractivity contribution >= 4 is 13.9 Å². The normalized spacial score (nSPS) is 14.3. The van der Waals surface area contributed by atoms with Gasteiger partial charge in [-0.1, -0.05) is 25.5 Å². The molecular formula is C15H29O4P. The Kier molecular flexibility index (Phi) is 10.1. The molecule has 118 valence electrons. The van der Waals surface area contributed by atoms with E-state index in [-0.39, 0.29) is 18.6 Å². The molecule has 0 aliphatic rings. The second kappa shape index (κ2) is 10.3. The standard InChI is InChI=1S/C15H29O4P/c1-6-7-8-9-10-15(11-12-16)20(17,18-13(2)3)19-14(4)5/h8-9,12-15H,6-7,10-11H2,1-5H3/b9-8-/t15-/m1/s1. The Morgan fingerprint density at radius 1 is 1.00 bits per heavy atom. The molecule has 0 rings (SSSR count). The van der Waals surface area contributed by atoms with Crippen molar-refractivity contribution in [2.24, 2.45) is 0 Å². The van der Waals surface area contributed by atoms with Crippen molar-refractivity contribution in [2.45, 2.75) is 78.2 Å². The summed E-state index contributed by atoms with van der Waals surface area (Å²) in [5, 5.41) is 0. The number of carbonyl (C=O) groups excluding carboxylic acids is 1. The molecule has 0 amide bonds. The summed E-state index contributed by atoms with van der Waals surface area (Å²) in [7, 11) is -3.29. The van der Waals surface area contributed by atoms with Crippen LogP contribution in [0.25, 0.3) is 0 Å². The number of hydrogen-bond acceptors (Lipinski definition) is 4. The lowest BCUT2D eigenvalue weighted by Crippen LogP contribution is -2.18. The van der Waals surface area contributed by atoms with Gasteiger partial charge in [-0.15, -0.1) is 0 Å². The zero-order valence-corrected chi connectivity index (χ0v) is 14.3. The molecule has 0 saturated heterocycles. The topological polar surface area (TPSA) is 52.6 Å². The Labute approximate surface area is 123 Å². The third-order valence-corrected chi connectivity index (χ3v) is 5.31. The van der Waals surface area contributed by atoms with E-state index in [1.807, 2.05) is 39.8 Å². The summed E-state index contributed by atoms with van der Waals surface area (Å²) >= 11 is 0. The van der Waals surface area contributed by atoms with Crippen molar-refractivity contribution in [1.82, 2.24) is 0 Å². The summed E-state index contributed by atoms with van der Waals surface area (Å²) in [5.74, 6) is 0. The van der Waals surface area contributed by atoms with E-state index in [9.17, 15) is 9.36 Å². The molecule has 0 heterocycles. The zero-order valence-electron chi connectivity index (χ0n) is 13.4. The maximum absolute atomic E-state index is 13.0. The lowest BCUT2D eigenvalue weighted by Gasteiger charge is -2.28. The molecule has 0 bridgehead atoms. The van der Waals surface area contributed by atoms with Crippen LogP contribution in [0.15, 0.2) is 12.2 Å². The van der Waals surface area contributed by atoms with Gasteiger partial charge in [0.2, 0.25) is 0 Å². The Hall–Kier alpha value is -0.440. The van der Waals surface area contributed by atoms with Gasteiger partial charge in [0.15, 0.2) is 0 Å². The SMILES string of the molecule is CCC/C=C\C[C@H](CC=O)P(=O)(OC(C)C)OC(C)C. The van der Waals surface area contributed by atoms with Crippen molar-refractivity contribution in [3.63, 3.8) is 0 Å². The van der Waals surface area contributed by atoms with Gasteiger partial charge in [0.1, 0.15) is 6.29 Å². The minimum Gasteiger partial charge on any atom is -0.306 e. The van der Waals surface area contributed by atoms with Crippen LogP contribution in [0.5, 0.6) is 0 Å². The van der Waals surface area contributed by atoms with E-state index in [1.54, 1.807) is 0 Å². The Morgan fingerprint density at radius 3 is 1.95 bits per heavy atom. The molecule has 5 heteroatoms. The second-order valence-corrected chi connectivity index (χ2v) is 7.63. The molecule has 0 aromatic carbocycles. The van der Waals surface area contributed by atoms with Gasteiger partial charge in [-0.3, -0.25) is 4.57 Å². The van der Waals surface area contributed by atoms with Crippen molar-refractivity contribution in [3.8, 4) is 0 Å². The van der Waals surface area contributed by atoms with Gasteiger partial charge in [0.05, 0.1) is 17.9 Å². The molecule has 0 unspecified atom stereocenters. The number of carbonyl (C=O) groups is 1. The first-order chi connectivity index (χ1) is 9.35. The van der Waals surface area contributed by atoms with E-state index in [0.717, 1.165) is 19.1 Å². The first-order valence-corrected chi connectivity index (χ1v) is 9.02. The first-order valence-electron chi connectivity index (χ1n) is 7.40. The fourth-order valence-electron chi connectivity index (χ4n) is 1.79. The lowest BCUT2D eigenvalue weighted by molar-refractivity contribution is -0.108. The molecule has 0 aromatic rings. The van der Waals surface area contributed by atoms with E-state index in [1.165, 1.54) is 0 Å². The predicted molar refractivity (Wildman–Crippen MR) is 83.2 cm³/mol. The smallest absolute Gasteiger partial charge is 0.306 e. The van der Waals surface area contributed by atoms with Crippen LogP contribution in [0, 0.1) is 0 Å². The van der Waals surface area contributed by atoms with Crippen LogP contribution in [-0.4, -0.2) is 24.2 Å². The Balaban J connectivity index is 4.99. The van der Waals surface area contributed by atoms with Crippen LogP contribution in [0.2, 0.25) is 0 Å². The third kappa shape index (κ3) is 7.98. The molecule has 0 saturated carbocycles. The maximum Gasteiger partial charge on any atom is 0.334 e. The summed E-state index contributed by atoms with van der Waals surface area (Å²) in [6, 6.07) is 0. The molecule has 0 radical (unpaired) electrons. The average molecular weight is 304 g/mol. The molecule has 20 heavy (non-hydrogen) atoms. The highest BCUT2D eigenvalue weighted by Gasteiger charge is 2.36. The van der Waals surface area contributed by atoms with Crippen molar-refractivity contribution in [1.29, 1.82) is 0 Å². The van der Waals surface area contributed by atoms with Gasteiger partial charge in [-0.25, -0.2) is 0 Å². The van der Waals surface area contributed by atoms with Gasteiger partial charge in [-0.2, -0.15) is 0 Å². The fourth-order valence-corrected chi connectivity index (χ4v) is 4.08. The van der Waals surface area contributed by atoms with Gasteiger partial charge in [-0.05, 0) is 40.5 Å². The van der Waals surface area contributed by atoms with Crippen molar-refractivity contribution in [3.05, 3.63) is 12.2 Å². The van der Waals surface area contributed by atoms with E-state index in [2.05, 4.69) is 6.92 Å². The van der Waals surface area contributed by atoms with Crippen LogP contribution >= 0.6 is 7.60 Å². The van der Waals surface area contributed by atoms with E-state index in [0.29, 0.717) is 6.42 Å². The van der Waals surface area contributed by atoms with E-state index in [4.69, 9.17) is 9.05 Å². The number of rotatable bonds is 11. The third-order valence-electron chi connectivity index (χ3n) is 2.56. The molecule has 0 aliphatic carbocycles. The quantitative estimate of drug-likeness (QED) is 0.314. The molecular weight excluding hydrogens is 275 g/mol. The minimum atomic E-state index is -3.29. The Bertz CT molecular complexity index is 323. The number of allylic oxidation sites excluding steroid dienone is 2. The number of aldehydes is 1. The predicted octanol–water partition coefficient (Wildman–Crippen LogP) is 4.73. The number of hydrogen-bond donors (Lipinski definition) is 0. The Morgan fingerprint density at radius 2 is 1.55 bits per heavy atom. The second-order valence-electron chi connectivity index (χ2n) is 5.40. The highest BCUT2D eigenvalue weighted by atomic mass is 31.2. The molecule has 0 aromatic heterocycles. The number of unbranched alkanes of at least 4 members (excludes halogenated alkanes) is 1. The van der Waals surface area contributed by atoms with E-state index >= 15 is 0 Å². The van der Waals surface area contributed by atoms with Gasteiger partial charge in [0.25, 0.3) is 0 Å². The van der Waals surface area contributed by atoms with Crippen molar-refractivity contribution in [2.75, 3.05) is 0 Å². The summed E-state index contributed by atoms with van der Waals surface area (Å²) in [6.45, 7) is 9.38. The molecule has 0 spiro atoms.